The molecule has 3 heterocycles. The molecular weight excluding hydrogens is 360 g/mol. The van der Waals surface area contributed by atoms with Gasteiger partial charge in [0.15, 0.2) is 10.8 Å². The lowest BCUT2D eigenvalue weighted by molar-refractivity contribution is 0.0518. The van der Waals surface area contributed by atoms with Crippen LogP contribution in [0.1, 0.15) is 47.9 Å². The zero-order valence-electron chi connectivity index (χ0n) is 15.8. The molecule has 0 N–H and O–H groups in total. The molecule has 1 aromatic carbocycles. The first-order chi connectivity index (χ1) is 13.2. The van der Waals surface area contributed by atoms with Crippen LogP contribution in [-0.4, -0.2) is 40.4 Å². The molecule has 0 unspecified atom stereocenters. The van der Waals surface area contributed by atoms with Crippen LogP contribution < -0.4 is 4.90 Å². The van der Waals surface area contributed by atoms with Gasteiger partial charge >= 0.3 is 5.97 Å². The van der Waals surface area contributed by atoms with E-state index in [1.54, 1.807) is 24.3 Å². The van der Waals surface area contributed by atoms with Crippen molar-refractivity contribution >= 4 is 32.7 Å². The van der Waals surface area contributed by atoms with Crippen molar-refractivity contribution in [2.24, 2.45) is 0 Å². The summed E-state index contributed by atoms with van der Waals surface area (Å²) in [5, 5.41) is 5.55. The Morgan fingerprint density at radius 3 is 2.85 bits per heavy atom. The van der Waals surface area contributed by atoms with Gasteiger partial charge in [0.05, 0.1) is 23.4 Å². The normalized spacial score (nSPS) is 14.7. The van der Waals surface area contributed by atoms with Gasteiger partial charge in [-0.3, -0.25) is 4.68 Å². The number of anilines is 1. The Kier molecular flexibility index (Phi) is 5.11. The van der Waals surface area contributed by atoms with Crippen LogP contribution in [0.5, 0.6) is 0 Å². The summed E-state index contributed by atoms with van der Waals surface area (Å²) >= 11 is 1.76. The van der Waals surface area contributed by atoms with Crippen LogP contribution in [0.2, 0.25) is 0 Å². The second kappa shape index (κ2) is 7.68. The van der Waals surface area contributed by atoms with Gasteiger partial charge in [0.2, 0.25) is 0 Å². The zero-order chi connectivity index (χ0) is 18.8. The highest BCUT2D eigenvalue weighted by molar-refractivity contribution is 7.22. The van der Waals surface area contributed by atoms with Gasteiger partial charge in [0.1, 0.15) is 0 Å². The quantitative estimate of drug-likeness (QED) is 0.622. The Labute approximate surface area is 162 Å². The van der Waals surface area contributed by atoms with Crippen LogP contribution in [0.3, 0.4) is 0 Å². The zero-order valence-corrected chi connectivity index (χ0v) is 16.6. The highest BCUT2D eigenvalue weighted by Crippen LogP contribution is 2.32. The van der Waals surface area contributed by atoms with Crippen molar-refractivity contribution in [3.8, 4) is 0 Å². The van der Waals surface area contributed by atoms with Crippen LogP contribution in [0.15, 0.2) is 24.3 Å². The number of rotatable bonds is 5. The third-order valence-electron chi connectivity index (χ3n) is 4.90. The molecule has 0 atom stereocenters. The molecule has 1 aliphatic rings. The second-order valence-electron chi connectivity index (χ2n) is 6.86. The average molecular weight is 385 g/mol. The van der Waals surface area contributed by atoms with Crippen molar-refractivity contribution in [3.05, 3.63) is 41.2 Å². The molecule has 7 heteroatoms. The molecule has 0 bridgehead atoms. The van der Waals surface area contributed by atoms with E-state index >= 15 is 0 Å². The molecule has 1 saturated heterocycles. The number of nitrogens with zero attached hydrogens (tertiary/aromatic N) is 4. The SMILES string of the molecule is CCOC(=O)c1cc(C)n(Cc2cccc3sc(N4CCCCC4)nc23)n1. The summed E-state index contributed by atoms with van der Waals surface area (Å²) in [5.74, 6) is -0.376. The summed E-state index contributed by atoms with van der Waals surface area (Å²) in [6, 6.07) is 8.07. The van der Waals surface area contributed by atoms with E-state index < -0.39 is 0 Å². The van der Waals surface area contributed by atoms with Crippen molar-refractivity contribution in [1.29, 1.82) is 0 Å². The highest BCUT2D eigenvalue weighted by atomic mass is 32.1. The van der Waals surface area contributed by atoms with Crippen LogP contribution in [0.25, 0.3) is 10.2 Å². The molecule has 6 nitrogen and oxygen atoms in total. The molecule has 3 aromatic rings. The molecular formula is C20H24N4O2S. The first-order valence-electron chi connectivity index (χ1n) is 9.50. The van der Waals surface area contributed by atoms with E-state index in [0.29, 0.717) is 18.8 Å². The Balaban J connectivity index is 1.62. The Morgan fingerprint density at radius 1 is 1.26 bits per heavy atom. The Hall–Kier alpha value is -2.41. The monoisotopic (exact) mass is 384 g/mol. The van der Waals surface area contributed by atoms with Crippen molar-refractivity contribution in [2.45, 2.75) is 39.7 Å². The number of ether oxygens (including phenoxy) is 1. The number of carbonyl (C=O) groups is 1. The molecule has 1 aliphatic heterocycles. The first-order valence-corrected chi connectivity index (χ1v) is 10.3. The number of fused-ring (bicyclic) bond motifs is 1. The highest BCUT2D eigenvalue weighted by Gasteiger charge is 2.18. The smallest absolute Gasteiger partial charge is 0.358 e. The van der Waals surface area contributed by atoms with Crippen molar-refractivity contribution < 1.29 is 9.53 Å². The summed E-state index contributed by atoms with van der Waals surface area (Å²) in [4.78, 5) is 19.3. The van der Waals surface area contributed by atoms with E-state index in [0.717, 1.165) is 35.0 Å². The van der Waals surface area contributed by atoms with Gasteiger partial charge < -0.3 is 9.64 Å². The van der Waals surface area contributed by atoms with Gasteiger partial charge in [-0.2, -0.15) is 5.10 Å². The molecule has 0 radical (unpaired) electrons. The molecule has 1 fully saturated rings. The van der Waals surface area contributed by atoms with Crippen molar-refractivity contribution in [3.63, 3.8) is 0 Å². The molecule has 2 aromatic heterocycles. The molecule has 0 aliphatic carbocycles. The largest absolute Gasteiger partial charge is 0.461 e. The van der Waals surface area contributed by atoms with E-state index in [1.165, 1.54) is 24.0 Å². The second-order valence-corrected chi connectivity index (χ2v) is 7.87. The third-order valence-corrected chi connectivity index (χ3v) is 5.99. The maximum Gasteiger partial charge on any atom is 0.358 e. The first kappa shape index (κ1) is 18.0. The number of piperidine rings is 1. The number of hydrogen-bond acceptors (Lipinski definition) is 6. The minimum Gasteiger partial charge on any atom is -0.461 e. The fraction of sp³-hybridized carbons (Fsp3) is 0.450. The molecule has 0 amide bonds. The van der Waals surface area contributed by atoms with Gasteiger partial charge in [0, 0.05) is 24.3 Å². The van der Waals surface area contributed by atoms with E-state index in [2.05, 4.69) is 28.2 Å². The number of esters is 1. The number of benzene rings is 1. The third kappa shape index (κ3) is 3.69. The molecule has 142 valence electrons. The average Bonchev–Trinajstić information content (AvgIpc) is 3.27. The minimum absolute atomic E-state index is 0.349. The minimum atomic E-state index is -0.376. The topological polar surface area (TPSA) is 60.2 Å². The number of hydrogen-bond donors (Lipinski definition) is 0. The lowest BCUT2D eigenvalue weighted by atomic mass is 10.1. The van der Waals surface area contributed by atoms with Crippen LogP contribution in [0.4, 0.5) is 5.13 Å². The van der Waals surface area contributed by atoms with E-state index in [9.17, 15) is 4.79 Å². The summed E-state index contributed by atoms with van der Waals surface area (Å²) in [5.41, 5.74) is 3.44. The molecule has 0 saturated carbocycles. The van der Waals surface area contributed by atoms with Crippen molar-refractivity contribution in [2.75, 3.05) is 24.6 Å². The summed E-state index contributed by atoms with van der Waals surface area (Å²) in [6.07, 6.45) is 3.80. The summed E-state index contributed by atoms with van der Waals surface area (Å²) in [7, 11) is 0. The standard InChI is InChI=1S/C20H24N4O2S/c1-3-26-19(25)16-12-14(2)24(22-16)13-15-8-7-9-17-18(15)21-20(27-17)23-10-5-4-6-11-23/h7-9,12H,3-6,10-11,13H2,1-2H3. The van der Waals surface area contributed by atoms with E-state index in [1.807, 2.05) is 11.6 Å². The lowest BCUT2D eigenvalue weighted by Crippen LogP contribution is -2.29. The number of para-hydroxylation sites is 1. The van der Waals surface area contributed by atoms with Gasteiger partial charge in [-0.15, -0.1) is 0 Å². The predicted molar refractivity (Wildman–Crippen MR) is 108 cm³/mol. The number of aryl methyl sites for hydroxylation is 1. The molecule has 4 rings (SSSR count). The number of carbonyl (C=O) groups excluding carboxylic acids is 1. The number of thiazole rings is 1. The van der Waals surface area contributed by atoms with Gasteiger partial charge in [-0.1, -0.05) is 23.5 Å². The molecule has 0 spiro atoms. The van der Waals surface area contributed by atoms with Gasteiger partial charge in [0.25, 0.3) is 0 Å². The predicted octanol–water partition coefficient (Wildman–Crippen LogP) is 4.02. The maximum absolute atomic E-state index is 11.9. The van der Waals surface area contributed by atoms with E-state index in [-0.39, 0.29) is 5.97 Å². The van der Waals surface area contributed by atoms with E-state index in [4.69, 9.17) is 9.72 Å². The molecule has 27 heavy (non-hydrogen) atoms. The van der Waals surface area contributed by atoms with Crippen LogP contribution in [-0.2, 0) is 11.3 Å². The van der Waals surface area contributed by atoms with Crippen LogP contribution in [0, 0.1) is 6.92 Å². The summed E-state index contributed by atoms with van der Waals surface area (Å²) < 4.78 is 8.10. The van der Waals surface area contributed by atoms with Gasteiger partial charge in [-0.25, -0.2) is 9.78 Å². The fourth-order valence-electron chi connectivity index (χ4n) is 3.48. The maximum atomic E-state index is 11.9. The number of aromatic nitrogens is 3. The Bertz CT molecular complexity index is 956. The summed E-state index contributed by atoms with van der Waals surface area (Å²) in [6.45, 7) is 6.88. The van der Waals surface area contributed by atoms with Gasteiger partial charge in [-0.05, 0) is 45.2 Å². The Morgan fingerprint density at radius 2 is 2.07 bits per heavy atom. The fourth-order valence-corrected chi connectivity index (χ4v) is 4.54. The van der Waals surface area contributed by atoms with Crippen molar-refractivity contribution in [1.82, 2.24) is 14.8 Å². The lowest BCUT2D eigenvalue weighted by Gasteiger charge is -2.25. The van der Waals surface area contributed by atoms with Crippen LogP contribution >= 0.6 is 11.3 Å².